The van der Waals surface area contributed by atoms with Gasteiger partial charge in [-0.2, -0.15) is 18.4 Å². The number of nitriles is 1. The molecule has 3 rings (SSSR count). The monoisotopic (exact) mass is 512 g/mol. The molecule has 3 atom stereocenters. The number of β-amino-alcohol motifs (C(OH)–C–C–N with tert-alkyl or cyclic N) is 1. The van der Waals surface area contributed by atoms with Crippen molar-refractivity contribution >= 4 is 34.3 Å². The molecule has 1 fully saturated rings. The van der Waals surface area contributed by atoms with E-state index in [0.717, 1.165) is 36.0 Å². The number of halogens is 6. The van der Waals surface area contributed by atoms with Crippen molar-refractivity contribution in [2.24, 2.45) is 0 Å². The predicted octanol–water partition coefficient (Wildman–Crippen LogP) is 3.73. The minimum Gasteiger partial charge on any atom is -0.393 e. The van der Waals surface area contributed by atoms with Crippen LogP contribution in [0.2, 0.25) is 5.02 Å². The van der Waals surface area contributed by atoms with Crippen LogP contribution in [0.25, 0.3) is 0 Å². The summed E-state index contributed by atoms with van der Waals surface area (Å²) in [4.78, 5) is -0.0999. The van der Waals surface area contributed by atoms with Gasteiger partial charge in [0.1, 0.15) is 39.9 Å². The van der Waals surface area contributed by atoms with Gasteiger partial charge in [-0.1, -0.05) is 11.6 Å². The van der Waals surface area contributed by atoms with Crippen molar-refractivity contribution in [2.45, 2.75) is 26.8 Å². The Morgan fingerprint density at radius 2 is 1.91 bits per heavy atom. The van der Waals surface area contributed by atoms with Crippen LogP contribution in [0, 0.1) is 23.0 Å². The fraction of sp³-hybridized carbons (Fsp3) is 0.316. The van der Waals surface area contributed by atoms with Gasteiger partial charge in [0.05, 0.1) is 27.3 Å². The summed E-state index contributed by atoms with van der Waals surface area (Å²) in [5.41, 5.74) is -3.62. The molecule has 1 aliphatic rings. The number of aliphatic hydroxyl groups is 2. The zero-order chi connectivity index (χ0) is 23.8. The zero-order valence-electron chi connectivity index (χ0n) is 15.9. The summed E-state index contributed by atoms with van der Waals surface area (Å²) in [7, 11) is -2.09. The average Bonchev–Trinajstić information content (AvgIpc) is 3.03. The Labute approximate surface area is 191 Å². The van der Waals surface area contributed by atoms with Gasteiger partial charge in [-0.05, 0) is 30.3 Å². The highest BCUT2D eigenvalue weighted by atomic mass is 35.5. The fourth-order valence-electron chi connectivity index (χ4n) is 3.10. The van der Waals surface area contributed by atoms with Crippen LogP contribution in [0.15, 0.2) is 40.1 Å². The lowest BCUT2D eigenvalue weighted by atomic mass is 10.1. The van der Waals surface area contributed by atoms with Crippen molar-refractivity contribution in [2.75, 3.05) is 19.7 Å². The van der Waals surface area contributed by atoms with Crippen molar-refractivity contribution in [1.82, 2.24) is 4.31 Å². The van der Waals surface area contributed by atoms with Crippen molar-refractivity contribution < 1.29 is 36.4 Å². The zero-order valence-corrected chi connectivity index (χ0v) is 18.3. The molecule has 5 nitrogen and oxygen atoms in total. The molecule has 0 radical (unpaired) electrons. The van der Waals surface area contributed by atoms with Gasteiger partial charge in [0.2, 0.25) is 0 Å². The van der Waals surface area contributed by atoms with E-state index >= 15 is 0 Å². The van der Waals surface area contributed by atoms with Crippen LogP contribution >= 0.6 is 23.4 Å². The molecule has 1 aliphatic heterocycles. The van der Waals surface area contributed by atoms with Gasteiger partial charge in [0, 0.05) is 18.0 Å². The highest BCUT2D eigenvalue weighted by molar-refractivity contribution is 8.00. The summed E-state index contributed by atoms with van der Waals surface area (Å²) in [5.74, 6) is -2.20. The van der Waals surface area contributed by atoms with Crippen molar-refractivity contribution in [3.05, 3.63) is 58.1 Å². The van der Waals surface area contributed by atoms with E-state index in [1.807, 2.05) is 0 Å². The molecule has 1 heterocycles. The number of hydrogen-bond donors (Lipinski definition) is 2. The highest BCUT2D eigenvalue weighted by Crippen LogP contribution is 2.39. The van der Waals surface area contributed by atoms with E-state index in [4.69, 9.17) is 16.9 Å². The van der Waals surface area contributed by atoms with Crippen LogP contribution in [0.1, 0.15) is 11.1 Å². The highest BCUT2D eigenvalue weighted by Gasteiger charge is 2.48. The van der Waals surface area contributed by atoms with E-state index in [0.29, 0.717) is 6.07 Å². The molecule has 2 N–H and O–H groups in total. The second kappa shape index (κ2) is 9.24. The third kappa shape index (κ3) is 4.93. The third-order valence-corrected chi connectivity index (χ3v) is 8.06. The summed E-state index contributed by atoms with van der Waals surface area (Å²) in [5, 5.41) is 27.9. The van der Waals surface area contributed by atoms with Crippen LogP contribution in [0.5, 0.6) is 0 Å². The van der Waals surface area contributed by atoms with E-state index in [9.17, 15) is 36.4 Å². The van der Waals surface area contributed by atoms with E-state index in [1.165, 1.54) is 10.4 Å². The van der Waals surface area contributed by atoms with Gasteiger partial charge in [0.15, 0.2) is 0 Å². The molecule has 2 unspecified atom stereocenters. The second-order valence-electron chi connectivity index (χ2n) is 6.96. The minimum absolute atomic E-state index is 0.0241. The van der Waals surface area contributed by atoms with Gasteiger partial charge >= 0.3 is 6.18 Å². The maximum Gasteiger partial charge on any atom is 0.416 e. The fourth-order valence-corrected chi connectivity index (χ4v) is 6.18. The number of thioether (sulfide) groups is 1. The first-order valence-electron chi connectivity index (χ1n) is 8.82. The molecule has 0 bridgehead atoms. The number of alkyl halides is 3. The van der Waals surface area contributed by atoms with E-state index in [-0.39, 0.29) is 22.9 Å². The molecule has 0 aliphatic carbocycles. The minimum atomic E-state index is -4.64. The summed E-state index contributed by atoms with van der Waals surface area (Å²) in [6.45, 7) is -1.26. The largest absolute Gasteiger partial charge is 0.416 e. The Kier molecular flexibility index (Phi) is 7.19. The maximum atomic E-state index is 13.9. The topological polar surface area (TPSA) is 84.6 Å². The van der Waals surface area contributed by atoms with Gasteiger partial charge in [-0.15, -0.1) is 11.8 Å². The summed E-state index contributed by atoms with van der Waals surface area (Å²) in [6, 6.07) is 5.51. The SMILES string of the molecule is N#Cc1c(F)cc(S[C@H]2CN(S(=O)c3ccc(C(F)(F)F)cc3Cl)CC2(O)CO)cc1F. The van der Waals surface area contributed by atoms with Crippen molar-refractivity contribution in [1.29, 1.82) is 5.26 Å². The molecule has 0 aromatic heterocycles. The summed E-state index contributed by atoms with van der Waals surface area (Å²) in [6.07, 6.45) is -4.64. The van der Waals surface area contributed by atoms with Gasteiger partial charge in [-0.25, -0.2) is 17.3 Å². The molecular formula is C19H14ClF5N2O3S2. The van der Waals surface area contributed by atoms with Crippen molar-refractivity contribution in [3.8, 4) is 6.07 Å². The number of hydrogen-bond acceptors (Lipinski definition) is 5. The number of nitrogens with zero attached hydrogens (tertiary/aromatic N) is 2. The third-order valence-electron chi connectivity index (χ3n) is 4.78. The number of aliphatic hydroxyl groups excluding tert-OH is 1. The lowest BCUT2D eigenvalue weighted by Crippen LogP contribution is -2.43. The van der Waals surface area contributed by atoms with Crippen molar-refractivity contribution in [3.63, 3.8) is 0 Å². The molecule has 13 heteroatoms. The Hall–Kier alpha value is -1.75. The van der Waals surface area contributed by atoms with E-state index < -0.39 is 62.4 Å². The second-order valence-corrected chi connectivity index (χ2v) is 10.1. The summed E-state index contributed by atoms with van der Waals surface area (Å²) >= 11 is 6.70. The molecule has 0 amide bonds. The van der Waals surface area contributed by atoms with Crippen LogP contribution in [0.3, 0.4) is 0 Å². The Morgan fingerprint density at radius 1 is 1.28 bits per heavy atom. The first-order valence-corrected chi connectivity index (χ1v) is 11.2. The predicted molar refractivity (Wildman–Crippen MR) is 107 cm³/mol. The first-order chi connectivity index (χ1) is 14.9. The standard InChI is InChI=1S/C19H14ClF5N2O3S2/c20-13-3-10(19(23,24)25)1-2-16(13)32(30)27-7-17(18(29,8-27)9-28)31-11-4-14(21)12(6-26)15(22)5-11/h1-5,17,28-29H,7-9H2/t17-,18?,32?/m0/s1. The number of benzene rings is 2. The molecular weight excluding hydrogens is 499 g/mol. The lowest BCUT2D eigenvalue weighted by Gasteiger charge is -2.26. The van der Waals surface area contributed by atoms with E-state index in [2.05, 4.69) is 0 Å². The Balaban J connectivity index is 1.85. The molecule has 0 saturated carbocycles. The normalized spacial score (nSPS) is 22.7. The lowest BCUT2D eigenvalue weighted by molar-refractivity contribution is -0.137. The smallest absolute Gasteiger partial charge is 0.393 e. The van der Waals surface area contributed by atoms with Gasteiger partial charge in [-0.3, -0.25) is 0 Å². The average molecular weight is 513 g/mol. The van der Waals surface area contributed by atoms with Crippen LogP contribution in [0.4, 0.5) is 22.0 Å². The first kappa shape index (κ1) is 24.9. The van der Waals surface area contributed by atoms with Crippen LogP contribution in [-0.2, 0) is 17.2 Å². The van der Waals surface area contributed by atoms with E-state index in [1.54, 1.807) is 0 Å². The van der Waals surface area contributed by atoms with Crippen LogP contribution < -0.4 is 0 Å². The molecule has 32 heavy (non-hydrogen) atoms. The Bertz CT molecular complexity index is 1090. The van der Waals surface area contributed by atoms with Crippen LogP contribution in [-0.4, -0.2) is 49.3 Å². The Morgan fingerprint density at radius 3 is 2.41 bits per heavy atom. The molecule has 2 aromatic rings. The summed E-state index contributed by atoms with van der Waals surface area (Å²) < 4.78 is 80.4. The molecule has 1 saturated heterocycles. The van der Waals surface area contributed by atoms with Gasteiger partial charge < -0.3 is 10.2 Å². The molecule has 2 aromatic carbocycles. The molecule has 172 valence electrons. The van der Waals surface area contributed by atoms with Gasteiger partial charge in [0.25, 0.3) is 0 Å². The maximum absolute atomic E-state index is 13.9. The number of rotatable bonds is 5. The quantitative estimate of drug-likeness (QED) is 0.596. The molecule has 0 spiro atoms.